The molecular formula is C11H23ClN2. The Morgan fingerprint density at radius 2 is 2.00 bits per heavy atom. The Hall–Kier alpha value is 0.210. The van der Waals surface area contributed by atoms with Gasteiger partial charge in [-0.1, -0.05) is 6.42 Å². The van der Waals surface area contributed by atoms with Gasteiger partial charge in [0.1, 0.15) is 0 Å². The molecule has 1 aliphatic heterocycles. The predicted molar refractivity (Wildman–Crippen MR) is 63.1 cm³/mol. The van der Waals surface area contributed by atoms with E-state index in [9.17, 15) is 0 Å². The minimum absolute atomic E-state index is 0.719. The highest BCUT2D eigenvalue weighted by Crippen LogP contribution is 2.08. The standard InChI is InChI=1S/C11H23ClN2/c1-11-10-14(9-8-13(11)2)7-5-3-4-6-12/h11H,3-10H2,1-2H3. The third-order valence-corrected chi connectivity index (χ3v) is 3.42. The zero-order chi connectivity index (χ0) is 10.4. The maximum Gasteiger partial charge on any atom is 0.0223 e. The number of unbranched alkanes of at least 4 members (excludes halogenated alkanes) is 2. The van der Waals surface area contributed by atoms with Crippen molar-refractivity contribution in [3.63, 3.8) is 0 Å². The van der Waals surface area contributed by atoms with Gasteiger partial charge in [-0.05, 0) is 33.4 Å². The molecule has 1 rings (SSSR count). The molecule has 0 N–H and O–H groups in total. The second kappa shape index (κ2) is 6.65. The van der Waals surface area contributed by atoms with E-state index < -0.39 is 0 Å². The van der Waals surface area contributed by atoms with Crippen LogP contribution >= 0.6 is 11.6 Å². The van der Waals surface area contributed by atoms with E-state index in [-0.39, 0.29) is 0 Å². The molecule has 84 valence electrons. The number of rotatable bonds is 5. The van der Waals surface area contributed by atoms with E-state index in [4.69, 9.17) is 11.6 Å². The van der Waals surface area contributed by atoms with Gasteiger partial charge in [-0.25, -0.2) is 0 Å². The Morgan fingerprint density at radius 1 is 1.21 bits per heavy atom. The number of alkyl halides is 1. The molecule has 0 bridgehead atoms. The smallest absolute Gasteiger partial charge is 0.0223 e. The molecule has 0 aliphatic carbocycles. The molecule has 1 aliphatic rings. The third kappa shape index (κ3) is 4.16. The van der Waals surface area contributed by atoms with Crippen LogP contribution in [0.4, 0.5) is 0 Å². The molecule has 0 aromatic rings. The van der Waals surface area contributed by atoms with E-state index in [2.05, 4.69) is 23.8 Å². The number of nitrogens with zero attached hydrogens (tertiary/aromatic N) is 2. The lowest BCUT2D eigenvalue weighted by Crippen LogP contribution is -2.50. The highest BCUT2D eigenvalue weighted by atomic mass is 35.5. The summed E-state index contributed by atoms with van der Waals surface area (Å²) >= 11 is 5.65. The van der Waals surface area contributed by atoms with Gasteiger partial charge < -0.3 is 9.80 Å². The number of hydrogen-bond donors (Lipinski definition) is 0. The highest BCUT2D eigenvalue weighted by molar-refractivity contribution is 6.17. The molecule has 1 atom stereocenters. The summed E-state index contributed by atoms with van der Waals surface area (Å²) in [6, 6.07) is 0.719. The van der Waals surface area contributed by atoms with E-state index in [1.54, 1.807) is 0 Å². The first-order valence-electron chi connectivity index (χ1n) is 5.72. The van der Waals surface area contributed by atoms with Crippen molar-refractivity contribution in [1.82, 2.24) is 9.80 Å². The summed E-state index contributed by atoms with van der Waals surface area (Å²) in [5.41, 5.74) is 0. The Labute approximate surface area is 93.2 Å². The van der Waals surface area contributed by atoms with Gasteiger partial charge in [0.15, 0.2) is 0 Å². The van der Waals surface area contributed by atoms with Crippen LogP contribution in [-0.2, 0) is 0 Å². The topological polar surface area (TPSA) is 6.48 Å². The lowest BCUT2D eigenvalue weighted by Gasteiger charge is -2.37. The second-order valence-electron chi connectivity index (χ2n) is 4.38. The minimum atomic E-state index is 0.719. The maximum atomic E-state index is 5.65. The molecule has 1 saturated heterocycles. The minimum Gasteiger partial charge on any atom is -0.301 e. The van der Waals surface area contributed by atoms with Crippen LogP contribution < -0.4 is 0 Å². The highest BCUT2D eigenvalue weighted by Gasteiger charge is 2.19. The monoisotopic (exact) mass is 218 g/mol. The maximum absolute atomic E-state index is 5.65. The van der Waals surface area contributed by atoms with Crippen LogP contribution in [0.3, 0.4) is 0 Å². The van der Waals surface area contributed by atoms with Crippen LogP contribution in [-0.4, -0.2) is 54.9 Å². The Morgan fingerprint density at radius 3 is 2.64 bits per heavy atom. The van der Waals surface area contributed by atoms with Crippen LogP contribution in [0, 0.1) is 0 Å². The van der Waals surface area contributed by atoms with Crippen molar-refractivity contribution in [2.24, 2.45) is 0 Å². The average molecular weight is 219 g/mol. The number of piperazine rings is 1. The molecule has 0 amide bonds. The summed E-state index contributed by atoms with van der Waals surface area (Å²) < 4.78 is 0. The van der Waals surface area contributed by atoms with Crippen LogP contribution in [0.5, 0.6) is 0 Å². The van der Waals surface area contributed by atoms with Crippen LogP contribution in [0.2, 0.25) is 0 Å². The lowest BCUT2D eigenvalue weighted by atomic mass is 10.2. The van der Waals surface area contributed by atoms with Crippen molar-refractivity contribution in [3.8, 4) is 0 Å². The van der Waals surface area contributed by atoms with Crippen molar-refractivity contribution in [2.75, 3.05) is 39.1 Å². The zero-order valence-corrected chi connectivity index (χ0v) is 10.3. The van der Waals surface area contributed by atoms with Gasteiger partial charge in [0.25, 0.3) is 0 Å². The summed E-state index contributed by atoms with van der Waals surface area (Å²) in [6.07, 6.45) is 3.76. The van der Waals surface area contributed by atoms with Gasteiger partial charge in [0.05, 0.1) is 0 Å². The normalized spacial score (nSPS) is 25.5. The van der Waals surface area contributed by atoms with Gasteiger partial charge in [0, 0.05) is 31.6 Å². The molecule has 1 fully saturated rings. The molecule has 1 heterocycles. The van der Waals surface area contributed by atoms with Crippen molar-refractivity contribution in [1.29, 1.82) is 0 Å². The van der Waals surface area contributed by atoms with Gasteiger partial charge in [-0.2, -0.15) is 0 Å². The Bertz CT molecular complexity index is 152. The molecule has 0 aromatic carbocycles. The molecule has 0 spiro atoms. The van der Waals surface area contributed by atoms with Gasteiger partial charge in [-0.3, -0.25) is 0 Å². The van der Waals surface area contributed by atoms with Crippen molar-refractivity contribution in [3.05, 3.63) is 0 Å². The molecule has 3 heteroatoms. The van der Waals surface area contributed by atoms with E-state index in [1.807, 2.05) is 0 Å². The van der Waals surface area contributed by atoms with Gasteiger partial charge in [0.2, 0.25) is 0 Å². The van der Waals surface area contributed by atoms with Crippen LogP contribution in [0.1, 0.15) is 26.2 Å². The first-order chi connectivity index (χ1) is 6.74. The quantitative estimate of drug-likeness (QED) is 0.515. The molecule has 0 aromatic heterocycles. The summed E-state index contributed by atoms with van der Waals surface area (Å²) in [4.78, 5) is 5.02. The van der Waals surface area contributed by atoms with E-state index in [0.29, 0.717) is 0 Å². The first-order valence-corrected chi connectivity index (χ1v) is 6.26. The third-order valence-electron chi connectivity index (χ3n) is 3.15. The Balaban J connectivity index is 2.07. The first kappa shape index (κ1) is 12.3. The second-order valence-corrected chi connectivity index (χ2v) is 4.76. The van der Waals surface area contributed by atoms with Crippen molar-refractivity contribution in [2.45, 2.75) is 32.2 Å². The Kier molecular flexibility index (Phi) is 5.83. The molecular weight excluding hydrogens is 196 g/mol. The summed E-state index contributed by atoms with van der Waals surface area (Å²) in [7, 11) is 2.22. The van der Waals surface area contributed by atoms with Crippen LogP contribution in [0.25, 0.3) is 0 Å². The van der Waals surface area contributed by atoms with Gasteiger partial charge in [-0.15, -0.1) is 11.6 Å². The molecule has 14 heavy (non-hydrogen) atoms. The van der Waals surface area contributed by atoms with Crippen molar-refractivity contribution < 1.29 is 0 Å². The number of likely N-dealkylation sites (N-methyl/N-ethyl adjacent to an activating group) is 1. The fourth-order valence-corrected chi connectivity index (χ4v) is 2.12. The molecule has 0 radical (unpaired) electrons. The van der Waals surface area contributed by atoms with Crippen molar-refractivity contribution >= 4 is 11.6 Å². The SMILES string of the molecule is CC1CN(CCCCCCl)CCN1C. The van der Waals surface area contributed by atoms with E-state index in [1.165, 1.54) is 45.4 Å². The summed E-state index contributed by atoms with van der Waals surface area (Å²) in [6.45, 7) is 7.26. The number of hydrogen-bond acceptors (Lipinski definition) is 2. The largest absolute Gasteiger partial charge is 0.301 e. The van der Waals surface area contributed by atoms with Gasteiger partial charge >= 0.3 is 0 Å². The lowest BCUT2D eigenvalue weighted by molar-refractivity contribution is 0.104. The summed E-state index contributed by atoms with van der Waals surface area (Å²) in [5, 5.41) is 0. The predicted octanol–water partition coefficient (Wildman–Crippen LogP) is 2.03. The van der Waals surface area contributed by atoms with Crippen LogP contribution in [0.15, 0.2) is 0 Å². The van der Waals surface area contributed by atoms with E-state index >= 15 is 0 Å². The zero-order valence-electron chi connectivity index (χ0n) is 9.51. The molecule has 2 nitrogen and oxygen atoms in total. The van der Waals surface area contributed by atoms with E-state index in [0.717, 1.165) is 11.9 Å². The average Bonchev–Trinajstić information content (AvgIpc) is 2.18. The number of halogens is 1. The molecule has 1 unspecified atom stereocenters. The fourth-order valence-electron chi connectivity index (χ4n) is 1.93. The fraction of sp³-hybridized carbons (Fsp3) is 1.00. The molecule has 0 saturated carbocycles. The summed E-state index contributed by atoms with van der Waals surface area (Å²) in [5.74, 6) is 0.819.